The summed E-state index contributed by atoms with van der Waals surface area (Å²) in [7, 11) is 0. The van der Waals surface area contributed by atoms with Crippen LogP contribution in [0.1, 0.15) is 29.7 Å². The van der Waals surface area contributed by atoms with Gasteiger partial charge < -0.3 is 10.1 Å². The standard InChI is InChI=1S/C22H26Br2N2O/c1-16(19-10-20(23)12-21(24)11-19)27-15-22(26-8-6-25-7-9-26)13-17-4-2-3-5-18(17)14-22/h2-5,10-12,16,25H,6-9,13-15H2,1H3/t16-/m0/s1. The van der Waals surface area contributed by atoms with Crippen molar-refractivity contribution in [3.63, 3.8) is 0 Å². The predicted molar refractivity (Wildman–Crippen MR) is 117 cm³/mol. The molecule has 2 aromatic rings. The molecule has 1 fully saturated rings. The number of nitrogens with zero attached hydrogens (tertiary/aromatic N) is 1. The molecule has 1 aliphatic heterocycles. The molecule has 0 radical (unpaired) electrons. The lowest BCUT2D eigenvalue weighted by Gasteiger charge is -2.44. The average molecular weight is 494 g/mol. The molecule has 4 rings (SSSR count). The third-order valence-corrected chi connectivity index (χ3v) is 6.82. The molecule has 0 unspecified atom stereocenters. The van der Waals surface area contributed by atoms with Gasteiger partial charge in [-0.25, -0.2) is 0 Å². The van der Waals surface area contributed by atoms with Gasteiger partial charge >= 0.3 is 0 Å². The fourth-order valence-electron chi connectivity index (χ4n) is 4.42. The summed E-state index contributed by atoms with van der Waals surface area (Å²) in [5, 5.41) is 3.49. The molecule has 1 atom stereocenters. The minimum absolute atomic E-state index is 0.0577. The van der Waals surface area contributed by atoms with Gasteiger partial charge in [0.2, 0.25) is 0 Å². The normalized spacial score (nSPS) is 20.4. The molecule has 0 saturated carbocycles. The van der Waals surface area contributed by atoms with Gasteiger partial charge in [-0.2, -0.15) is 0 Å². The molecule has 1 heterocycles. The minimum atomic E-state index is 0.0577. The van der Waals surface area contributed by atoms with E-state index in [2.05, 4.69) is 91.5 Å². The van der Waals surface area contributed by atoms with E-state index < -0.39 is 0 Å². The third kappa shape index (κ3) is 4.33. The first-order valence-electron chi connectivity index (χ1n) is 9.66. The van der Waals surface area contributed by atoms with Gasteiger partial charge in [0.25, 0.3) is 0 Å². The molecule has 1 aliphatic carbocycles. The highest BCUT2D eigenvalue weighted by Gasteiger charge is 2.43. The minimum Gasteiger partial charge on any atom is -0.372 e. The van der Waals surface area contributed by atoms with Gasteiger partial charge in [0.1, 0.15) is 0 Å². The van der Waals surface area contributed by atoms with Crippen LogP contribution in [0.15, 0.2) is 51.4 Å². The van der Waals surface area contributed by atoms with Crippen molar-refractivity contribution in [2.75, 3.05) is 32.8 Å². The van der Waals surface area contributed by atoms with E-state index in [-0.39, 0.29) is 11.6 Å². The monoisotopic (exact) mass is 492 g/mol. The zero-order valence-electron chi connectivity index (χ0n) is 15.7. The summed E-state index contributed by atoms with van der Waals surface area (Å²) in [6, 6.07) is 15.3. The number of rotatable bonds is 5. The number of fused-ring (bicyclic) bond motifs is 1. The Balaban J connectivity index is 1.53. The zero-order chi connectivity index (χ0) is 18.9. The van der Waals surface area contributed by atoms with Crippen molar-refractivity contribution in [1.82, 2.24) is 10.2 Å². The molecule has 0 bridgehead atoms. The summed E-state index contributed by atoms with van der Waals surface area (Å²) in [5.41, 5.74) is 4.24. The number of benzene rings is 2. The van der Waals surface area contributed by atoms with Gasteiger partial charge in [0, 0.05) is 35.1 Å². The van der Waals surface area contributed by atoms with Crippen molar-refractivity contribution in [2.45, 2.75) is 31.4 Å². The van der Waals surface area contributed by atoms with Crippen LogP contribution in [0.25, 0.3) is 0 Å². The fraction of sp³-hybridized carbons (Fsp3) is 0.455. The Morgan fingerprint density at radius 3 is 2.22 bits per heavy atom. The smallest absolute Gasteiger partial charge is 0.0798 e. The highest BCUT2D eigenvalue weighted by molar-refractivity contribution is 9.11. The van der Waals surface area contributed by atoms with Gasteiger partial charge in [-0.3, -0.25) is 4.90 Å². The highest BCUT2D eigenvalue weighted by Crippen LogP contribution is 2.37. The molecule has 0 aromatic heterocycles. The van der Waals surface area contributed by atoms with E-state index in [0.29, 0.717) is 0 Å². The van der Waals surface area contributed by atoms with Crippen LogP contribution in [-0.4, -0.2) is 43.2 Å². The Morgan fingerprint density at radius 1 is 1.04 bits per heavy atom. The number of hydrogen-bond donors (Lipinski definition) is 1. The van der Waals surface area contributed by atoms with Crippen LogP contribution >= 0.6 is 31.9 Å². The molecule has 2 aliphatic rings. The highest BCUT2D eigenvalue weighted by atomic mass is 79.9. The van der Waals surface area contributed by atoms with Crippen molar-refractivity contribution < 1.29 is 4.74 Å². The first-order valence-corrected chi connectivity index (χ1v) is 11.2. The number of hydrogen-bond acceptors (Lipinski definition) is 3. The molecule has 144 valence electrons. The number of nitrogens with one attached hydrogen (secondary N) is 1. The molecule has 0 spiro atoms. The molecular formula is C22H26Br2N2O. The molecule has 27 heavy (non-hydrogen) atoms. The summed E-state index contributed by atoms with van der Waals surface area (Å²) >= 11 is 7.18. The maximum Gasteiger partial charge on any atom is 0.0798 e. The molecule has 1 saturated heterocycles. The maximum atomic E-state index is 6.51. The maximum absolute atomic E-state index is 6.51. The van der Waals surface area contributed by atoms with Crippen LogP contribution in [0.2, 0.25) is 0 Å². The second-order valence-corrected chi connectivity index (χ2v) is 9.57. The van der Waals surface area contributed by atoms with Gasteiger partial charge in [0.15, 0.2) is 0 Å². The van der Waals surface area contributed by atoms with Gasteiger partial charge in [-0.05, 0) is 54.7 Å². The number of ether oxygens (including phenoxy) is 1. The van der Waals surface area contributed by atoms with E-state index in [1.165, 1.54) is 16.7 Å². The van der Waals surface area contributed by atoms with Crippen molar-refractivity contribution in [1.29, 1.82) is 0 Å². The predicted octanol–water partition coefficient (Wildman–Crippen LogP) is 4.73. The van der Waals surface area contributed by atoms with Crippen LogP contribution in [0.3, 0.4) is 0 Å². The summed E-state index contributed by atoms with van der Waals surface area (Å²) in [4.78, 5) is 2.66. The van der Waals surface area contributed by atoms with Crippen LogP contribution < -0.4 is 5.32 Å². The second kappa shape index (κ2) is 8.34. The molecule has 0 amide bonds. The van der Waals surface area contributed by atoms with E-state index >= 15 is 0 Å². The van der Waals surface area contributed by atoms with E-state index in [1.54, 1.807) is 0 Å². The lowest BCUT2D eigenvalue weighted by Crippen LogP contribution is -2.59. The second-order valence-electron chi connectivity index (χ2n) is 7.74. The van der Waals surface area contributed by atoms with Crippen LogP contribution in [0.4, 0.5) is 0 Å². The largest absolute Gasteiger partial charge is 0.372 e. The Bertz CT molecular complexity index is 759. The first kappa shape index (κ1) is 19.6. The van der Waals surface area contributed by atoms with Crippen LogP contribution in [0.5, 0.6) is 0 Å². The summed E-state index contributed by atoms with van der Waals surface area (Å²) in [6.07, 6.45) is 2.22. The number of piperazine rings is 1. The average Bonchev–Trinajstić information content (AvgIpc) is 3.06. The van der Waals surface area contributed by atoms with Crippen LogP contribution in [-0.2, 0) is 17.6 Å². The third-order valence-electron chi connectivity index (χ3n) is 5.90. The van der Waals surface area contributed by atoms with Gasteiger partial charge in [-0.15, -0.1) is 0 Å². The van der Waals surface area contributed by atoms with E-state index in [9.17, 15) is 0 Å². The first-order chi connectivity index (χ1) is 13.1. The Morgan fingerprint density at radius 2 is 1.63 bits per heavy atom. The molecular weight excluding hydrogens is 468 g/mol. The van der Waals surface area contributed by atoms with Crippen molar-refractivity contribution in [3.05, 3.63) is 68.1 Å². The molecule has 3 nitrogen and oxygen atoms in total. The lowest BCUT2D eigenvalue weighted by atomic mass is 9.93. The van der Waals surface area contributed by atoms with Crippen molar-refractivity contribution in [2.24, 2.45) is 0 Å². The van der Waals surface area contributed by atoms with E-state index in [1.807, 2.05) is 0 Å². The molecule has 1 N–H and O–H groups in total. The van der Waals surface area contributed by atoms with Gasteiger partial charge in [0.05, 0.1) is 18.2 Å². The SMILES string of the molecule is C[C@H](OCC1(N2CCNCC2)Cc2ccccc2C1)c1cc(Br)cc(Br)c1. The summed E-state index contributed by atoms with van der Waals surface area (Å²) in [5.74, 6) is 0. The van der Waals surface area contributed by atoms with Gasteiger partial charge in [-0.1, -0.05) is 56.1 Å². The molecule has 2 aromatic carbocycles. The quantitative estimate of drug-likeness (QED) is 0.651. The van der Waals surface area contributed by atoms with Crippen LogP contribution in [0, 0.1) is 0 Å². The zero-order valence-corrected chi connectivity index (χ0v) is 18.9. The lowest BCUT2D eigenvalue weighted by molar-refractivity contribution is -0.0379. The summed E-state index contributed by atoms with van der Waals surface area (Å²) < 4.78 is 8.66. The molecule has 5 heteroatoms. The van der Waals surface area contributed by atoms with Crippen molar-refractivity contribution in [3.8, 4) is 0 Å². The Hall–Kier alpha value is -0.720. The van der Waals surface area contributed by atoms with E-state index in [4.69, 9.17) is 4.74 Å². The van der Waals surface area contributed by atoms with E-state index in [0.717, 1.165) is 54.6 Å². The number of halogens is 2. The van der Waals surface area contributed by atoms with Crippen molar-refractivity contribution >= 4 is 31.9 Å². The Kier molecular flexibility index (Phi) is 6.05. The fourth-order valence-corrected chi connectivity index (χ4v) is 5.75. The summed E-state index contributed by atoms with van der Waals surface area (Å²) in [6.45, 7) is 7.22. The topological polar surface area (TPSA) is 24.5 Å². The Labute approximate surface area is 178 Å².